The predicted molar refractivity (Wildman–Crippen MR) is 56.5 cm³/mol. The maximum Gasteiger partial charge on any atom is 0.138 e. The number of nitrogens with two attached hydrogens (primary N) is 1. The zero-order valence-electron chi connectivity index (χ0n) is 6.30. The lowest BCUT2D eigenvalue weighted by atomic mass is 10.2. The first-order valence-corrected chi connectivity index (χ1v) is 4.88. The molecule has 0 aliphatic carbocycles. The Hall–Kier alpha value is -0.540. The van der Waals surface area contributed by atoms with Gasteiger partial charge in [-0.05, 0) is 6.07 Å². The van der Waals surface area contributed by atoms with E-state index in [4.69, 9.17) is 17.3 Å². The molecule has 64 valence electrons. The van der Waals surface area contributed by atoms with Gasteiger partial charge < -0.3 is 5.73 Å². The van der Waals surface area contributed by atoms with Gasteiger partial charge in [0.1, 0.15) is 5.15 Å². The summed E-state index contributed by atoms with van der Waals surface area (Å²) in [6.07, 6.45) is 5.35. The molecule has 0 spiro atoms. The Morgan fingerprint density at radius 1 is 1.67 bits per heavy atom. The molecule has 4 heteroatoms. The van der Waals surface area contributed by atoms with Crippen molar-refractivity contribution in [3.63, 3.8) is 0 Å². The summed E-state index contributed by atoms with van der Waals surface area (Å²) in [7, 11) is 0. The molecule has 0 aromatic carbocycles. The summed E-state index contributed by atoms with van der Waals surface area (Å²) in [5.74, 6) is 0. The number of hydrogen-bond donors (Lipinski definition) is 1. The molecule has 0 bridgehead atoms. The Balaban J connectivity index is 3.04. The van der Waals surface area contributed by atoms with Gasteiger partial charge in [0.15, 0.2) is 0 Å². The second-order valence-corrected chi connectivity index (χ2v) is 3.17. The van der Waals surface area contributed by atoms with Crippen LogP contribution in [-0.4, -0.2) is 10.3 Å². The fourth-order valence-corrected chi connectivity index (χ4v) is 1.20. The van der Waals surface area contributed by atoms with E-state index in [2.05, 4.69) is 20.9 Å². The second-order valence-electron chi connectivity index (χ2n) is 2.16. The van der Waals surface area contributed by atoms with Gasteiger partial charge in [-0.1, -0.05) is 39.7 Å². The smallest absolute Gasteiger partial charge is 0.138 e. The van der Waals surface area contributed by atoms with Crippen LogP contribution in [0.15, 0.2) is 18.3 Å². The molecule has 0 aliphatic rings. The van der Waals surface area contributed by atoms with Gasteiger partial charge in [-0.25, -0.2) is 4.98 Å². The number of halogens is 2. The molecule has 1 aromatic rings. The summed E-state index contributed by atoms with van der Waals surface area (Å²) in [5.41, 5.74) is 7.09. The van der Waals surface area contributed by atoms with Gasteiger partial charge in [0, 0.05) is 22.8 Å². The van der Waals surface area contributed by atoms with Gasteiger partial charge in [0.2, 0.25) is 0 Å². The second kappa shape index (κ2) is 4.48. The van der Waals surface area contributed by atoms with Crippen LogP contribution in [0, 0.1) is 0 Å². The zero-order valence-corrected chi connectivity index (χ0v) is 8.64. The van der Waals surface area contributed by atoms with Gasteiger partial charge in [0.25, 0.3) is 0 Å². The quantitative estimate of drug-likeness (QED) is 0.645. The van der Waals surface area contributed by atoms with E-state index in [9.17, 15) is 0 Å². The molecular formula is C8H8BrClN2. The Morgan fingerprint density at radius 2 is 2.42 bits per heavy atom. The third-order valence-corrected chi connectivity index (χ3v) is 2.02. The van der Waals surface area contributed by atoms with Crippen molar-refractivity contribution < 1.29 is 0 Å². The average molecular weight is 248 g/mol. The van der Waals surface area contributed by atoms with E-state index < -0.39 is 0 Å². The standard InChI is InChI=1S/C8H8BrClN2/c9-4-1-2-6-7(11)3-5-12-8(6)10/h1-3,5H,4H2,(H2,11,12). The van der Waals surface area contributed by atoms with Crippen LogP contribution in [0.2, 0.25) is 5.15 Å². The maximum absolute atomic E-state index is 5.81. The molecule has 0 radical (unpaired) electrons. The first kappa shape index (κ1) is 9.55. The highest BCUT2D eigenvalue weighted by atomic mass is 79.9. The van der Waals surface area contributed by atoms with Crippen molar-refractivity contribution in [2.24, 2.45) is 0 Å². The highest BCUT2D eigenvalue weighted by Gasteiger charge is 2.00. The van der Waals surface area contributed by atoms with Gasteiger partial charge in [0.05, 0.1) is 0 Å². The van der Waals surface area contributed by atoms with Crippen molar-refractivity contribution in [3.05, 3.63) is 29.1 Å². The van der Waals surface area contributed by atoms with Crippen molar-refractivity contribution in [2.75, 3.05) is 11.1 Å². The van der Waals surface area contributed by atoms with Crippen LogP contribution in [0.3, 0.4) is 0 Å². The molecule has 0 unspecified atom stereocenters. The molecule has 1 rings (SSSR count). The minimum Gasteiger partial charge on any atom is -0.398 e. The summed E-state index contributed by atoms with van der Waals surface area (Å²) in [6.45, 7) is 0. The first-order chi connectivity index (χ1) is 5.75. The average Bonchev–Trinajstić information content (AvgIpc) is 2.04. The highest BCUT2D eigenvalue weighted by Crippen LogP contribution is 2.20. The summed E-state index contributed by atoms with van der Waals surface area (Å²) < 4.78 is 0. The van der Waals surface area contributed by atoms with Crippen LogP contribution in [0.4, 0.5) is 5.69 Å². The van der Waals surface area contributed by atoms with Gasteiger partial charge in [-0.2, -0.15) is 0 Å². The summed E-state index contributed by atoms with van der Waals surface area (Å²) in [4.78, 5) is 3.91. The minimum absolute atomic E-state index is 0.437. The number of rotatable bonds is 2. The Kier molecular flexibility index (Phi) is 3.56. The number of aromatic nitrogens is 1. The third-order valence-electron chi connectivity index (χ3n) is 1.35. The van der Waals surface area contributed by atoms with E-state index in [1.807, 2.05) is 12.2 Å². The number of anilines is 1. The largest absolute Gasteiger partial charge is 0.398 e. The van der Waals surface area contributed by atoms with E-state index in [1.165, 1.54) is 0 Å². The molecule has 0 fully saturated rings. The zero-order chi connectivity index (χ0) is 8.97. The summed E-state index contributed by atoms with van der Waals surface area (Å²) in [5, 5.41) is 1.21. The molecule has 2 N–H and O–H groups in total. The molecule has 1 heterocycles. The molecule has 0 atom stereocenters. The van der Waals surface area contributed by atoms with E-state index in [0.29, 0.717) is 10.8 Å². The van der Waals surface area contributed by atoms with Crippen molar-refractivity contribution in [1.82, 2.24) is 4.98 Å². The fourth-order valence-electron chi connectivity index (χ4n) is 0.789. The molecule has 0 amide bonds. The van der Waals surface area contributed by atoms with Crippen LogP contribution < -0.4 is 5.73 Å². The van der Waals surface area contributed by atoms with Gasteiger partial charge in [-0.3, -0.25) is 0 Å². The Labute approximate surface area is 84.6 Å². The monoisotopic (exact) mass is 246 g/mol. The van der Waals surface area contributed by atoms with Crippen LogP contribution in [0.5, 0.6) is 0 Å². The number of hydrogen-bond acceptors (Lipinski definition) is 2. The van der Waals surface area contributed by atoms with Crippen molar-refractivity contribution in [3.8, 4) is 0 Å². The molecule has 0 aliphatic heterocycles. The van der Waals surface area contributed by atoms with Crippen molar-refractivity contribution >= 4 is 39.3 Å². The lowest BCUT2D eigenvalue weighted by Gasteiger charge is -2.00. The Bertz CT molecular complexity index is 279. The normalized spacial score (nSPS) is 10.8. The number of nitrogens with zero attached hydrogens (tertiary/aromatic N) is 1. The topological polar surface area (TPSA) is 38.9 Å². The lowest BCUT2D eigenvalue weighted by Crippen LogP contribution is -1.91. The molecule has 12 heavy (non-hydrogen) atoms. The van der Waals surface area contributed by atoms with Crippen molar-refractivity contribution in [2.45, 2.75) is 0 Å². The Morgan fingerprint density at radius 3 is 3.00 bits per heavy atom. The number of allylic oxidation sites excluding steroid dienone is 1. The van der Waals surface area contributed by atoms with Crippen molar-refractivity contribution in [1.29, 1.82) is 0 Å². The summed E-state index contributed by atoms with van der Waals surface area (Å²) >= 11 is 9.07. The maximum atomic E-state index is 5.81. The molecule has 1 aromatic heterocycles. The number of pyridine rings is 1. The third kappa shape index (κ3) is 2.22. The fraction of sp³-hybridized carbons (Fsp3) is 0.125. The molecule has 0 saturated heterocycles. The van der Waals surface area contributed by atoms with E-state index >= 15 is 0 Å². The van der Waals surface area contributed by atoms with Crippen LogP contribution >= 0.6 is 27.5 Å². The predicted octanol–water partition coefficient (Wildman–Crippen LogP) is 2.73. The highest BCUT2D eigenvalue weighted by molar-refractivity contribution is 9.09. The van der Waals surface area contributed by atoms with E-state index in [-0.39, 0.29) is 0 Å². The molecule has 2 nitrogen and oxygen atoms in total. The first-order valence-electron chi connectivity index (χ1n) is 3.38. The van der Waals surface area contributed by atoms with Gasteiger partial charge >= 0.3 is 0 Å². The number of alkyl halides is 1. The number of nitrogen functional groups attached to an aromatic ring is 1. The van der Waals surface area contributed by atoms with Gasteiger partial charge in [-0.15, -0.1) is 0 Å². The molecular weight excluding hydrogens is 239 g/mol. The van der Waals surface area contributed by atoms with E-state index in [1.54, 1.807) is 12.3 Å². The van der Waals surface area contributed by atoms with Crippen LogP contribution in [0.1, 0.15) is 5.56 Å². The minimum atomic E-state index is 0.437. The van der Waals surface area contributed by atoms with Crippen LogP contribution in [0.25, 0.3) is 6.08 Å². The van der Waals surface area contributed by atoms with Crippen LogP contribution in [-0.2, 0) is 0 Å². The van der Waals surface area contributed by atoms with E-state index in [0.717, 1.165) is 10.9 Å². The summed E-state index contributed by atoms with van der Waals surface area (Å²) in [6, 6.07) is 1.72. The molecule has 0 saturated carbocycles. The SMILES string of the molecule is Nc1ccnc(Cl)c1C=CCBr. The lowest BCUT2D eigenvalue weighted by molar-refractivity contribution is 1.32.